The molecule has 3 aromatic rings. The van der Waals surface area contributed by atoms with Crippen molar-refractivity contribution in [2.24, 2.45) is 5.92 Å². The molecular weight excluding hydrogens is 588 g/mol. The number of anilines is 2. The van der Waals surface area contributed by atoms with Gasteiger partial charge in [0.2, 0.25) is 5.91 Å². The number of amides is 2. The number of carbonyl (C=O) groups excluding carboxylic acids is 3. The third-order valence-electron chi connectivity index (χ3n) is 9.89. The molecule has 5 atom stereocenters. The molecule has 9 nitrogen and oxygen atoms in total. The van der Waals surface area contributed by atoms with E-state index in [1.807, 2.05) is 54.6 Å². The number of benzene rings is 3. The van der Waals surface area contributed by atoms with E-state index in [4.69, 9.17) is 14.2 Å². The van der Waals surface area contributed by atoms with E-state index in [0.29, 0.717) is 12.1 Å². The molecule has 0 aromatic heterocycles. The Bertz CT molecular complexity index is 1630. The van der Waals surface area contributed by atoms with E-state index in [9.17, 15) is 19.5 Å². The molecule has 10 heteroatoms. The Kier molecular flexibility index (Phi) is 8.09. The van der Waals surface area contributed by atoms with E-state index in [-0.39, 0.29) is 48.9 Å². The number of hydrogen-bond acceptors (Lipinski definition) is 7. The minimum Gasteiger partial charge on any atom is -0.497 e. The van der Waals surface area contributed by atoms with Gasteiger partial charge in [-0.05, 0) is 47.9 Å². The van der Waals surface area contributed by atoms with Crippen LogP contribution in [0.15, 0.2) is 72.8 Å². The zero-order valence-electron chi connectivity index (χ0n) is 26.4. The highest BCUT2D eigenvalue weighted by Gasteiger charge is 2.66. The zero-order valence-corrected chi connectivity index (χ0v) is 27.4. The Labute approximate surface area is 264 Å². The van der Waals surface area contributed by atoms with Gasteiger partial charge in [-0.2, -0.15) is 0 Å². The Balaban J connectivity index is 1.34. The van der Waals surface area contributed by atoms with Crippen molar-refractivity contribution in [1.29, 1.82) is 0 Å². The van der Waals surface area contributed by atoms with Gasteiger partial charge in [0.25, 0.3) is 5.91 Å². The molecule has 0 bridgehead atoms. The molecule has 1 N–H and O–H groups in total. The fourth-order valence-corrected chi connectivity index (χ4v) is 11.9. The topological polar surface area (TPSA) is 106 Å². The summed E-state index contributed by atoms with van der Waals surface area (Å²) in [5.41, 5.74) is 1.94. The number of esters is 1. The van der Waals surface area contributed by atoms with Gasteiger partial charge in [0.05, 0.1) is 39.9 Å². The average molecular weight is 629 g/mol. The first-order valence-electron chi connectivity index (χ1n) is 15.5. The summed E-state index contributed by atoms with van der Waals surface area (Å²) in [5.74, 6) is -0.0595. The molecule has 0 saturated carbocycles. The van der Waals surface area contributed by atoms with Gasteiger partial charge in [-0.25, -0.2) is 0 Å². The van der Waals surface area contributed by atoms with E-state index in [0.717, 1.165) is 22.6 Å². The molecule has 0 aliphatic carbocycles. The maximum Gasteiger partial charge on any atom is 0.304 e. The van der Waals surface area contributed by atoms with Crippen molar-refractivity contribution in [1.82, 2.24) is 0 Å². The molecule has 2 amide bonds. The summed E-state index contributed by atoms with van der Waals surface area (Å²) in [6, 6.07) is 23.5. The van der Waals surface area contributed by atoms with Crippen LogP contribution in [-0.2, 0) is 36.0 Å². The van der Waals surface area contributed by atoms with Crippen molar-refractivity contribution in [3.63, 3.8) is 0 Å². The molecule has 6 rings (SSSR count). The van der Waals surface area contributed by atoms with Crippen molar-refractivity contribution in [2.75, 3.05) is 23.5 Å². The summed E-state index contributed by atoms with van der Waals surface area (Å²) in [6.45, 7) is 8.33. The van der Waals surface area contributed by atoms with Crippen molar-refractivity contribution in [2.45, 2.75) is 69.8 Å². The number of hydrogen-bond donors (Lipinski definition) is 1. The minimum absolute atomic E-state index is 0.0348. The van der Waals surface area contributed by atoms with Crippen LogP contribution < -0.4 is 19.7 Å². The van der Waals surface area contributed by atoms with Crippen LogP contribution in [0.2, 0.25) is 18.6 Å². The van der Waals surface area contributed by atoms with E-state index in [1.54, 1.807) is 18.1 Å². The average Bonchev–Trinajstić information content (AvgIpc) is 3.44. The van der Waals surface area contributed by atoms with Gasteiger partial charge in [-0.15, -0.1) is 0 Å². The molecule has 3 aliphatic heterocycles. The maximum atomic E-state index is 14.8. The molecule has 2 saturated heterocycles. The molecule has 45 heavy (non-hydrogen) atoms. The molecule has 1 unspecified atom stereocenters. The van der Waals surface area contributed by atoms with E-state index in [1.165, 1.54) is 17.0 Å². The zero-order chi connectivity index (χ0) is 32.1. The van der Waals surface area contributed by atoms with Gasteiger partial charge in [-0.1, -0.05) is 67.7 Å². The number of fused-ring (bicyclic) bond motifs is 2. The predicted octanol–water partition coefficient (Wildman–Crippen LogP) is 4.47. The molecule has 3 heterocycles. The number of carbonyl (C=O) groups is 3. The van der Waals surface area contributed by atoms with Crippen molar-refractivity contribution in [3.05, 3.63) is 83.9 Å². The van der Waals surface area contributed by atoms with Crippen molar-refractivity contribution < 1.29 is 33.7 Å². The highest BCUT2D eigenvalue weighted by atomic mass is 28.3. The first-order valence-corrected chi connectivity index (χ1v) is 18.5. The fraction of sp³-hybridized carbons (Fsp3) is 0.400. The standard InChI is InChI=1S/C35H40N2O7Si/c1-22-33(45(4,5)27-15-13-26(42-3)14-16-27)30(17-18-38)44-35(22)28-11-6-7-12-29(28)36(34(35)41)21-24-9-8-10-25(19-24)37-31(40)20-32(37)43-23(2)39/h6-16,19,22,30,32-33,38H,17-18,20-21H2,1-5H3/t22-,30+,32?,33-,35+/m0/s1. The molecule has 3 aromatic carbocycles. The predicted molar refractivity (Wildman–Crippen MR) is 173 cm³/mol. The lowest BCUT2D eigenvalue weighted by molar-refractivity contribution is -0.154. The van der Waals surface area contributed by atoms with Gasteiger partial charge in [0.1, 0.15) is 5.75 Å². The third kappa shape index (κ3) is 5.05. The molecule has 2 fully saturated rings. The quantitative estimate of drug-likeness (QED) is 0.212. The van der Waals surface area contributed by atoms with Crippen LogP contribution in [0.5, 0.6) is 5.75 Å². The highest BCUT2D eigenvalue weighted by molar-refractivity contribution is 6.91. The van der Waals surface area contributed by atoms with Gasteiger partial charge in [-0.3, -0.25) is 19.3 Å². The van der Waals surface area contributed by atoms with Gasteiger partial charge in [0, 0.05) is 30.7 Å². The Morgan fingerprint density at radius 3 is 2.47 bits per heavy atom. The van der Waals surface area contributed by atoms with Crippen LogP contribution in [0.4, 0.5) is 11.4 Å². The summed E-state index contributed by atoms with van der Waals surface area (Å²) >= 11 is 0. The van der Waals surface area contributed by atoms with Crippen LogP contribution in [0.25, 0.3) is 0 Å². The number of para-hydroxylation sites is 1. The number of ether oxygens (including phenoxy) is 3. The smallest absolute Gasteiger partial charge is 0.304 e. The lowest BCUT2D eigenvalue weighted by Crippen LogP contribution is -2.54. The second-order valence-electron chi connectivity index (χ2n) is 12.8. The Hall–Kier alpha value is -3.99. The van der Waals surface area contributed by atoms with Crippen LogP contribution >= 0.6 is 0 Å². The van der Waals surface area contributed by atoms with Gasteiger partial charge >= 0.3 is 5.97 Å². The van der Waals surface area contributed by atoms with Crippen molar-refractivity contribution >= 4 is 42.4 Å². The summed E-state index contributed by atoms with van der Waals surface area (Å²) in [5, 5.41) is 11.4. The Morgan fingerprint density at radius 2 is 1.80 bits per heavy atom. The molecular formula is C35H40N2O7Si. The lowest BCUT2D eigenvalue weighted by atomic mass is 9.82. The summed E-state index contributed by atoms with van der Waals surface area (Å²) in [6.07, 6.45) is -0.348. The van der Waals surface area contributed by atoms with E-state index >= 15 is 0 Å². The largest absolute Gasteiger partial charge is 0.497 e. The third-order valence-corrected chi connectivity index (χ3v) is 14.3. The van der Waals surface area contributed by atoms with Gasteiger partial charge < -0.3 is 24.2 Å². The molecule has 0 radical (unpaired) electrons. The minimum atomic E-state index is -2.26. The summed E-state index contributed by atoms with van der Waals surface area (Å²) < 4.78 is 17.7. The second-order valence-corrected chi connectivity index (χ2v) is 17.5. The highest BCUT2D eigenvalue weighted by Crippen LogP contribution is 2.60. The van der Waals surface area contributed by atoms with Gasteiger partial charge in [0.15, 0.2) is 11.8 Å². The van der Waals surface area contributed by atoms with Crippen LogP contribution in [-0.4, -0.2) is 57.0 Å². The molecule has 3 aliphatic rings. The number of methoxy groups -OCH3 is 1. The number of nitrogens with zero attached hydrogens (tertiary/aromatic N) is 2. The summed E-state index contributed by atoms with van der Waals surface area (Å²) in [4.78, 5) is 42.0. The number of β-lactam (4-membered cyclic amide) rings is 1. The SMILES string of the molecule is COc1ccc([Si](C)(C)[C@@H]2[C@@H](CCO)O[C@]3(C(=O)N(Cc4cccc(N5C(=O)CC5OC(C)=O)c4)c4ccccc43)[C@H]2C)cc1. The second kappa shape index (κ2) is 11.7. The first-order chi connectivity index (χ1) is 21.5. The summed E-state index contributed by atoms with van der Waals surface area (Å²) in [7, 11) is -0.611. The van der Waals surface area contributed by atoms with Crippen LogP contribution in [0.1, 0.15) is 37.8 Å². The normalized spacial score (nSPS) is 25.8. The Morgan fingerprint density at radius 1 is 1.07 bits per heavy atom. The monoisotopic (exact) mass is 628 g/mol. The van der Waals surface area contributed by atoms with E-state index in [2.05, 4.69) is 32.2 Å². The van der Waals surface area contributed by atoms with E-state index < -0.39 is 25.9 Å². The number of aliphatic hydroxyl groups excluding tert-OH is 1. The molecule has 1 spiro atoms. The fourth-order valence-electron chi connectivity index (χ4n) is 7.79. The van der Waals surface area contributed by atoms with Crippen molar-refractivity contribution in [3.8, 4) is 5.75 Å². The maximum absolute atomic E-state index is 14.8. The number of aliphatic hydroxyl groups is 1. The molecule has 236 valence electrons. The lowest BCUT2D eigenvalue weighted by Gasteiger charge is -2.39. The number of rotatable bonds is 9. The van der Waals surface area contributed by atoms with Crippen LogP contribution in [0.3, 0.4) is 0 Å². The first kappa shape index (κ1) is 31.0. The van der Waals surface area contributed by atoms with Crippen LogP contribution in [0, 0.1) is 5.92 Å².